The van der Waals surface area contributed by atoms with Gasteiger partial charge in [-0.25, -0.2) is 4.79 Å². The molecule has 1 amide bonds. The van der Waals surface area contributed by atoms with E-state index in [-0.39, 0.29) is 18.3 Å². The van der Waals surface area contributed by atoms with E-state index in [1.807, 2.05) is 39.8 Å². The first kappa shape index (κ1) is 20.0. The summed E-state index contributed by atoms with van der Waals surface area (Å²) in [5.41, 5.74) is 2.22. The molecule has 0 saturated carbocycles. The highest BCUT2D eigenvalue weighted by Crippen LogP contribution is 2.43. The number of carbonyl (C=O) groups excluding carboxylic acids is 2. The fourth-order valence-electron chi connectivity index (χ4n) is 3.38. The summed E-state index contributed by atoms with van der Waals surface area (Å²) in [5, 5.41) is 3.02. The summed E-state index contributed by atoms with van der Waals surface area (Å²) >= 11 is 0. The highest BCUT2D eigenvalue weighted by atomic mass is 16.6. The van der Waals surface area contributed by atoms with Crippen LogP contribution >= 0.6 is 0 Å². The van der Waals surface area contributed by atoms with E-state index in [1.54, 1.807) is 0 Å². The average Bonchev–Trinajstić information content (AvgIpc) is 2.89. The number of allylic oxidation sites excluding steroid dienone is 1. The summed E-state index contributed by atoms with van der Waals surface area (Å²) in [5.74, 6) is -0.343. The first-order valence-electron chi connectivity index (χ1n) is 8.91. The minimum absolute atomic E-state index is 0.0455. The molecule has 0 spiro atoms. The van der Waals surface area contributed by atoms with Crippen LogP contribution in [0.3, 0.4) is 0 Å². The van der Waals surface area contributed by atoms with Gasteiger partial charge in [0.15, 0.2) is 0 Å². The summed E-state index contributed by atoms with van der Waals surface area (Å²) < 4.78 is 10.2. The Bertz CT molecular complexity index is 717. The van der Waals surface area contributed by atoms with Gasteiger partial charge in [0, 0.05) is 12.3 Å². The normalized spacial score (nSPS) is 18.4. The van der Waals surface area contributed by atoms with Gasteiger partial charge in [-0.2, -0.15) is 0 Å². The Morgan fingerprint density at radius 3 is 2.42 bits per heavy atom. The molecule has 0 bridgehead atoms. The number of hydrogen-bond acceptors (Lipinski definition) is 4. The van der Waals surface area contributed by atoms with E-state index in [9.17, 15) is 9.59 Å². The Kier molecular flexibility index (Phi) is 5.79. The second-order valence-electron chi connectivity index (χ2n) is 8.04. The quantitative estimate of drug-likeness (QED) is 0.790. The number of hydrogen-bond donors (Lipinski definition) is 1. The van der Waals surface area contributed by atoms with Crippen LogP contribution in [0.15, 0.2) is 30.3 Å². The van der Waals surface area contributed by atoms with Gasteiger partial charge in [-0.05, 0) is 57.7 Å². The molecule has 2 rings (SSSR count). The van der Waals surface area contributed by atoms with Gasteiger partial charge < -0.3 is 14.8 Å². The van der Waals surface area contributed by atoms with Crippen molar-refractivity contribution >= 4 is 17.6 Å². The largest absolute Gasteiger partial charge is 0.469 e. The van der Waals surface area contributed by atoms with Crippen molar-refractivity contribution < 1.29 is 19.1 Å². The molecular weight excluding hydrogens is 330 g/mol. The zero-order valence-corrected chi connectivity index (χ0v) is 16.5. The molecule has 26 heavy (non-hydrogen) atoms. The zero-order valence-electron chi connectivity index (χ0n) is 16.5. The van der Waals surface area contributed by atoms with Crippen LogP contribution in [0.4, 0.5) is 4.79 Å². The Morgan fingerprint density at radius 1 is 1.15 bits per heavy atom. The molecule has 0 fully saturated rings. The van der Waals surface area contributed by atoms with Gasteiger partial charge in [-0.15, -0.1) is 0 Å². The number of alkyl carbamates (subject to hydrolysis) is 1. The summed E-state index contributed by atoms with van der Waals surface area (Å²) in [4.78, 5) is 24.2. The lowest BCUT2D eigenvalue weighted by molar-refractivity contribution is -0.141. The molecule has 142 valence electrons. The number of methoxy groups -OCH3 is 1. The van der Waals surface area contributed by atoms with E-state index in [1.165, 1.54) is 18.2 Å². The lowest BCUT2D eigenvalue weighted by atomic mass is 9.78. The minimum Gasteiger partial charge on any atom is -0.469 e. The first-order valence-corrected chi connectivity index (χ1v) is 8.91. The van der Waals surface area contributed by atoms with E-state index < -0.39 is 17.2 Å². The number of ether oxygens (including phenoxy) is 2. The van der Waals surface area contributed by atoms with Crippen LogP contribution in [0.1, 0.15) is 64.5 Å². The fourth-order valence-corrected chi connectivity index (χ4v) is 3.38. The third kappa shape index (κ3) is 4.65. The highest BCUT2D eigenvalue weighted by Gasteiger charge is 2.40. The van der Waals surface area contributed by atoms with Gasteiger partial charge in [0.1, 0.15) is 5.60 Å². The number of esters is 1. The van der Waals surface area contributed by atoms with Gasteiger partial charge in [-0.3, -0.25) is 4.79 Å². The van der Waals surface area contributed by atoms with E-state index in [4.69, 9.17) is 9.47 Å². The maximum Gasteiger partial charge on any atom is 0.408 e. The molecular formula is C21H29NO4. The molecule has 1 aromatic carbocycles. The molecule has 1 unspecified atom stereocenters. The monoisotopic (exact) mass is 359 g/mol. The average molecular weight is 359 g/mol. The number of nitrogens with one attached hydrogen (secondary N) is 1. The molecule has 0 aliphatic heterocycles. The van der Waals surface area contributed by atoms with Crippen LogP contribution < -0.4 is 5.32 Å². The van der Waals surface area contributed by atoms with Crippen molar-refractivity contribution in [3.8, 4) is 0 Å². The Labute approximate surface area is 155 Å². The second kappa shape index (κ2) is 7.52. The first-order chi connectivity index (χ1) is 12.1. The molecule has 1 aliphatic carbocycles. The van der Waals surface area contributed by atoms with Crippen molar-refractivity contribution in [1.82, 2.24) is 5.32 Å². The summed E-state index contributed by atoms with van der Waals surface area (Å²) in [6, 6.07) is 8.15. The third-order valence-corrected chi connectivity index (χ3v) is 4.69. The number of fused-ring (bicyclic) bond motifs is 1. The van der Waals surface area contributed by atoms with Gasteiger partial charge in [0.25, 0.3) is 0 Å². The molecule has 0 saturated heterocycles. The molecule has 5 heteroatoms. The second-order valence-corrected chi connectivity index (χ2v) is 8.04. The van der Waals surface area contributed by atoms with Crippen LogP contribution in [-0.4, -0.2) is 30.3 Å². The van der Waals surface area contributed by atoms with E-state index in [0.717, 1.165) is 5.56 Å². The topological polar surface area (TPSA) is 64.6 Å². The Hall–Kier alpha value is -2.30. The van der Waals surface area contributed by atoms with Crippen LogP contribution in [-0.2, 0) is 14.3 Å². The molecule has 0 heterocycles. The van der Waals surface area contributed by atoms with Crippen molar-refractivity contribution in [1.29, 1.82) is 0 Å². The van der Waals surface area contributed by atoms with E-state index in [0.29, 0.717) is 6.42 Å². The molecule has 0 aromatic heterocycles. The van der Waals surface area contributed by atoms with Crippen molar-refractivity contribution in [2.75, 3.05) is 7.11 Å². The minimum atomic E-state index is -0.676. The van der Waals surface area contributed by atoms with Gasteiger partial charge in [-0.1, -0.05) is 30.3 Å². The standard InChI is InChI=1S/C21H29NO4/c1-14-13-17(16-10-8-7-9-15(14)16)21(5,12-11-18(23)25-6)22-19(24)26-20(2,3)4/h7-10,13,17H,11-12H2,1-6H3,(H,22,24)/t17?,21-/m0/s1. The molecule has 0 radical (unpaired) electrons. The van der Waals surface area contributed by atoms with Crippen LogP contribution in [0.25, 0.3) is 5.57 Å². The smallest absolute Gasteiger partial charge is 0.408 e. The predicted octanol–water partition coefficient (Wildman–Crippen LogP) is 4.42. The maximum absolute atomic E-state index is 12.5. The number of amides is 1. The Morgan fingerprint density at radius 2 is 1.81 bits per heavy atom. The third-order valence-electron chi connectivity index (χ3n) is 4.69. The lowest BCUT2D eigenvalue weighted by Crippen LogP contribution is -2.51. The summed E-state index contributed by atoms with van der Waals surface area (Å²) in [6.07, 6.45) is 2.33. The van der Waals surface area contributed by atoms with E-state index >= 15 is 0 Å². The lowest BCUT2D eigenvalue weighted by Gasteiger charge is -2.37. The molecule has 2 atom stereocenters. The van der Waals surface area contributed by atoms with Crippen LogP contribution in [0, 0.1) is 0 Å². The van der Waals surface area contributed by atoms with Crippen molar-refractivity contribution in [2.24, 2.45) is 0 Å². The van der Waals surface area contributed by atoms with Crippen LogP contribution in [0.2, 0.25) is 0 Å². The maximum atomic E-state index is 12.5. The number of rotatable bonds is 5. The van der Waals surface area contributed by atoms with Gasteiger partial charge in [0.2, 0.25) is 0 Å². The number of carbonyl (C=O) groups is 2. The Balaban J connectivity index is 2.32. The number of benzene rings is 1. The zero-order chi connectivity index (χ0) is 19.5. The molecule has 5 nitrogen and oxygen atoms in total. The molecule has 1 aromatic rings. The van der Waals surface area contributed by atoms with E-state index in [2.05, 4.69) is 30.4 Å². The predicted molar refractivity (Wildman–Crippen MR) is 102 cm³/mol. The van der Waals surface area contributed by atoms with Crippen molar-refractivity contribution in [2.45, 2.75) is 64.5 Å². The van der Waals surface area contributed by atoms with Gasteiger partial charge >= 0.3 is 12.1 Å². The summed E-state index contributed by atoms with van der Waals surface area (Å²) in [7, 11) is 1.37. The van der Waals surface area contributed by atoms with Crippen molar-refractivity contribution in [3.05, 3.63) is 41.5 Å². The van der Waals surface area contributed by atoms with Crippen LogP contribution in [0.5, 0.6) is 0 Å². The molecule has 1 aliphatic rings. The SMILES string of the molecule is COC(=O)CC[C@](C)(NC(=O)OC(C)(C)C)C1C=C(C)c2ccccc21. The van der Waals surface area contributed by atoms with Crippen molar-refractivity contribution in [3.63, 3.8) is 0 Å². The summed E-state index contributed by atoms with van der Waals surface area (Å²) in [6.45, 7) is 9.50. The highest BCUT2D eigenvalue weighted by molar-refractivity contribution is 5.76. The fraction of sp³-hybridized carbons (Fsp3) is 0.524. The van der Waals surface area contributed by atoms with Gasteiger partial charge in [0.05, 0.1) is 12.6 Å². The molecule has 1 N–H and O–H groups in total.